The molecule has 1 heterocycles. The molecule has 0 atom stereocenters. The molecule has 3 aromatic carbocycles. The second-order valence-electron chi connectivity index (χ2n) is 6.08. The third-order valence-electron chi connectivity index (χ3n) is 4.03. The van der Waals surface area contributed by atoms with Crippen molar-refractivity contribution in [2.24, 2.45) is 0 Å². The molecule has 4 heteroatoms. The first-order chi connectivity index (χ1) is 12.8. The average Bonchev–Trinajstić information content (AvgIpc) is 3.18. The van der Waals surface area contributed by atoms with Gasteiger partial charge in [-0.2, -0.15) is 0 Å². The van der Waals surface area contributed by atoms with Crippen LogP contribution in [-0.2, 0) is 6.61 Å². The first kappa shape index (κ1) is 16.1. The molecule has 128 valence electrons. The molecule has 4 rings (SSSR count). The molecule has 1 aromatic heterocycles. The quantitative estimate of drug-likeness (QED) is 0.494. The van der Waals surface area contributed by atoms with Crippen LogP contribution in [0.2, 0.25) is 0 Å². The van der Waals surface area contributed by atoms with Crippen LogP contribution in [0.3, 0.4) is 0 Å². The normalized spacial score (nSPS) is 10.7. The highest BCUT2D eigenvalue weighted by Gasteiger charge is 2.10. The maximum Gasteiger partial charge on any atom is 0.248 e. The number of benzene rings is 3. The zero-order valence-electron chi connectivity index (χ0n) is 14.4. The smallest absolute Gasteiger partial charge is 0.248 e. The summed E-state index contributed by atoms with van der Waals surface area (Å²) in [4.78, 5) is 0. The molecule has 4 nitrogen and oxygen atoms in total. The predicted octanol–water partition coefficient (Wildman–Crippen LogP) is 5.29. The lowest BCUT2D eigenvalue weighted by Gasteiger charge is -2.07. The van der Waals surface area contributed by atoms with E-state index >= 15 is 0 Å². The zero-order chi connectivity index (χ0) is 17.8. The van der Waals surface area contributed by atoms with E-state index in [4.69, 9.17) is 9.15 Å². The zero-order valence-corrected chi connectivity index (χ0v) is 14.4. The maximum absolute atomic E-state index is 5.85. The van der Waals surface area contributed by atoms with E-state index in [0.717, 1.165) is 22.4 Å². The first-order valence-electron chi connectivity index (χ1n) is 8.46. The third-order valence-corrected chi connectivity index (χ3v) is 4.03. The van der Waals surface area contributed by atoms with Crippen molar-refractivity contribution in [2.75, 3.05) is 0 Å². The largest absolute Gasteiger partial charge is 0.489 e. The Balaban J connectivity index is 1.45. The lowest BCUT2D eigenvalue weighted by molar-refractivity contribution is 0.306. The second kappa shape index (κ2) is 7.23. The Labute approximate surface area is 152 Å². The van der Waals surface area contributed by atoms with Crippen LogP contribution in [0.15, 0.2) is 83.3 Å². The second-order valence-corrected chi connectivity index (χ2v) is 6.08. The SMILES string of the molecule is Cc1cccc(COc2ccc(-c3nnc(-c4ccccc4)o3)cc2)c1. The molecule has 0 saturated carbocycles. The molecule has 0 unspecified atom stereocenters. The highest BCUT2D eigenvalue weighted by molar-refractivity contribution is 5.58. The van der Waals surface area contributed by atoms with Crippen molar-refractivity contribution in [3.63, 3.8) is 0 Å². The number of ether oxygens (including phenoxy) is 1. The van der Waals surface area contributed by atoms with E-state index in [0.29, 0.717) is 18.4 Å². The average molecular weight is 342 g/mol. The van der Waals surface area contributed by atoms with E-state index in [1.807, 2.05) is 60.7 Å². The standard InChI is InChI=1S/C22H18N2O2/c1-16-6-5-7-17(14-16)15-25-20-12-10-19(11-13-20)22-24-23-21(26-22)18-8-3-2-4-9-18/h2-14H,15H2,1H3. The molecule has 0 fully saturated rings. The van der Waals surface area contributed by atoms with Gasteiger partial charge in [0.15, 0.2) is 0 Å². The van der Waals surface area contributed by atoms with Crippen molar-refractivity contribution in [2.45, 2.75) is 13.5 Å². The summed E-state index contributed by atoms with van der Waals surface area (Å²) < 4.78 is 11.6. The number of nitrogens with zero attached hydrogens (tertiary/aromatic N) is 2. The van der Waals surface area contributed by atoms with Crippen molar-refractivity contribution >= 4 is 0 Å². The van der Waals surface area contributed by atoms with E-state index in [1.165, 1.54) is 5.56 Å². The van der Waals surface area contributed by atoms with Crippen LogP contribution in [0.4, 0.5) is 0 Å². The summed E-state index contributed by atoms with van der Waals surface area (Å²) in [5.41, 5.74) is 4.15. The summed E-state index contributed by atoms with van der Waals surface area (Å²) in [6.07, 6.45) is 0. The molecule has 0 bridgehead atoms. The Morgan fingerprint density at radius 3 is 2.15 bits per heavy atom. The topological polar surface area (TPSA) is 48.2 Å². The van der Waals surface area contributed by atoms with Crippen molar-refractivity contribution in [1.82, 2.24) is 10.2 Å². The molecular formula is C22H18N2O2. The van der Waals surface area contributed by atoms with Crippen LogP contribution in [0.5, 0.6) is 5.75 Å². The van der Waals surface area contributed by atoms with Crippen molar-refractivity contribution in [3.8, 4) is 28.7 Å². The van der Waals surface area contributed by atoms with Gasteiger partial charge in [0.25, 0.3) is 0 Å². The monoisotopic (exact) mass is 342 g/mol. The lowest BCUT2D eigenvalue weighted by atomic mass is 10.1. The summed E-state index contributed by atoms with van der Waals surface area (Å²) in [5.74, 6) is 1.81. The molecule has 0 amide bonds. The summed E-state index contributed by atoms with van der Waals surface area (Å²) in [6, 6.07) is 25.7. The van der Waals surface area contributed by atoms with Crippen LogP contribution in [0.25, 0.3) is 22.9 Å². The Bertz CT molecular complexity index is 992. The highest BCUT2D eigenvalue weighted by atomic mass is 16.5. The van der Waals surface area contributed by atoms with Crippen molar-refractivity contribution in [3.05, 3.63) is 90.0 Å². The van der Waals surface area contributed by atoms with Crippen LogP contribution >= 0.6 is 0 Å². The number of rotatable bonds is 5. The van der Waals surface area contributed by atoms with E-state index in [2.05, 4.69) is 35.3 Å². The van der Waals surface area contributed by atoms with Crippen LogP contribution in [0, 0.1) is 6.92 Å². The van der Waals surface area contributed by atoms with Gasteiger partial charge >= 0.3 is 0 Å². The molecule has 0 aliphatic rings. The first-order valence-corrected chi connectivity index (χ1v) is 8.46. The molecule has 0 radical (unpaired) electrons. The summed E-state index contributed by atoms with van der Waals surface area (Å²) >= 11 is 0. The molecule has 26 heavy (non-hydrogen) atoms. The Morgan fingerprint density at radius 1 is 0.769 bits per heavy atom. The van der Waals surface area contributed by atoms with E-state index < -0.39 is 0 Å². The van der Waals surface area contributed by atoms with Gasteiger partial charge in [0.1, 0.15) is 12.4 Å². The van der Waals surface area contributed by atoms with Gasteiger partial charge < -0.3 is 9.15 Å². The summed E-state index contributed by atoms with van der Waals surface area (Å²) in [6.45, 7) is 2.62. The Morgan fingerprint density at radius 2 is 1.46 bits per heavy atom. The molecule has 0 aliphatic carbocycles. The van der Waals surface area contributed by atoms with Crippen LogP contribution in [0.1, 0.15) is 11.1 Å². The van der Waals surface area contributed by atoms with Crippen molar-refractivity contribution in [1.29, 1.82) is 0 Å². The molecule has 0 saturated heterocycles. The fraction of sp³-hybridized carbons (Fsp3) is 0.0909. The van der Waals surface area contributed by atoms with Gasteiger partial charge in [-0.3, -0.25) is 0 Å². The van der Waals surface area contributed by atoms with Crippen LogP contribution in [-0.4, -0.2) is 10.2 Å². The Kier molecular flexibility index (Phi) is 4.48. The maximum atomic E-state index is 5.85. The molecule has 4 aromatic rings. The Hall–Kier alpha value is -3.40. The van der Waals surface area contributed by atoms with Crippen molar-refractivity contribution < 1.29 is 9.15 Å². The lowest BCUT2D eigenvalue weighted by Crippen LogP contribution is -1.95. The van der Waals surface area contributed by atoms with Gasteiger partial charge in [-0.15, -0.1) is 10.2 Å². The molecular weight excluding hydrogens is 324 g/mol. The minimum absolute atomic E-state index is 0.495. The van der Waals surface area contributed by atoms with Gasteiger partial charge in [-0.1, -0.05) is 48.0 Å². The third kappa shape index (κ3) is 3.64. The summed E-state index contributed by atoms with van der Waals surface area (Å²) in [7, 11) is 0. The van der Waals surface area contributed by atoms with Gasteiger partial charge in [-0.25, -0.2) is 0 Å². The minimum atomic E-state index is 0.495. The number of hydrogen-bond acceptors (Lipinski definition) is 4. The number of aromatic nitrogens is 2. The van der Waals surface area contributed by atoms with Crippen LogP contribution < -0.4 is 4.74 Å². The van der Waals surface area contributed by atoms with E-state index in [9.17, 15) is 0 Å². The number of aryl methyl sites for hydroxylation is 1. The van der Waals surface area contributed by atoms with E-state index in [-0.39, 0.29) is 0 Å². The number of hydrogen-bond donors (Lipinski definition) is 0. The minimum Gasteiger partial charge on any atom is -0.489 e. The molecule has 0 spiro atoms. The van der Waals surface area contributed by atoms with Gasteiger partial charge in [0.05, 0.1) is 0 Å². The molecule has 0 aliphatic heterocycles. The van der Waals surface area contributed by atoms with Gasteiger partial charge in [0, 0.05) is 11.1 Å². The molecule has 0 N–H and O–H groups in total. The van der Waals surface area contributed by atoms with Gasteiger partial charge in [-0.05, 0) is 48.9 Å². The highest BCUT2D eigenvalue weighted by Crippen LogP contribution is 2.25. The fourth-order valence-corrected chi connectivity index (χ4v) is 2.70. The van der Waals surface area contributed by atoms with E-state index in [1.54, 1.807) is 0 Å². The predicted molar refractivity (Wildman–Crippen MR) is 101 cm³/mol. The van der Waals surface area contributed by atoms with Gasteiger partial charge in [0.2, 0.25) is 11.8 Å². The fourth-order valence-electron chi connectivity index (χ4n) is 2.70. The summed E-state index contributed by atoms with van der Waals surface area (Å²) in [5, 5.41) is 8.26.